The van der Waals surface area contributed by atoms with Crippen LogP contribution in [0.5, 0.6) is 0 Å². The molecule has 2 nitrogen and oxygen atoms in total. The highest BCUT2D eigenvalue weighted by Crippen LogP contribution is 2.22. The van der Waals surface area contributed by atoms with Crippen molar-refractivity contribution in [3.8, 4) is 11.1 Å². The summed E-state index contributed by atoms with van der Waals surface area (Å²) in [5.74, 6) is 0. The standard InChI is InChI=1S/C18H22N2/c1-15-12-18(8-9-19-15)17-7-5-6-16(13-17)14-20-10-3-2-4-11-20/h5-9,12-13H,2-4,10-11,14H2,1H3. The summed E-state index contributed by atoms with van der Waals surface area (Å²) in [5.41, 5.74) is 5.05. The molecule has 1 aromatic carbocycles. The monoisotopic (exact) mass is 266 g/mol. The van der Waals surface area contributed by atoms with Crippen molar-refractivity contribution in [2.45, 2.75) is 32.7 Å². The third kappa shape index (κ3) is 3.26. The van der Waals surface area contributed by atoms with Gasteiger partial charge < -0.3 is 0 Å². The van der Waals surface area contributed by atoms with Crippen molar-refractivity contribution in [1.82, 2.24) is 9.88 Å². The van der Waals surface area contributed by atoms with E-state index in [-0.39, 0.29) is 0 Å². The molecule has 2 aromatic rings. The van der Waals surface area contributed by atoms with Crippen molar-refractivity contribution in [3.05, 3.63) is 53.9 Å². The molecular formula is C18H22N2. The molecule has 1 saturated heterocycles. The van der Waals surface area contributed by atoms with Crippen LogP contribution in [0.25, 0.3) is 11.1 Å². The SMILES string of the molecule is Cc1cc(-c2cccc(CN3CCCCC3)c2)ccn1. The molecule has 0 bridgehead atoms. The van der Waals surface area contributed by atoms with E-state index < -0.39 is 0 Å². The first kappa shape index (κ1) is 13.3. The molecule has 104 valence electrons. The minimum absolute atomic E-state index is 1.07. The molecule has 1 aliphatic rings. The number of likely N-dealkylation sites (tertiary alicyclic amines) is 1. The summed E-state index contributed by atoms with van der Waals surface area (Å²) in [4.78, 5) is 6.84. The highest BCUT2D eigenvalue weighted by Gasteiger charge is 2.10. The van der Waals surface area contributed by atoms with Gasteiger partial charge in [0.15, 0.2) is 0 Å². The van der Waals surface area contributed by atoms with Crippen LogP contribution in [-0.2, 0) is 6.54 Å². The maximum absolute atomic E-state index is 4.27. The Morgan fingerprint density at radius 2 is 1.80 bits per heavy atom. The molecule has 1 aliphatic heterocycles. The summed E-state index contributed by atoms with van der Waals surface area (Å²) in [6.07, 6.45) is 5.99. The first-order chi connectivity index (χ1) is 9.81. The fraction of sp³-hybridized carbons (Fsp3) is 0.389. The summed E-state index contributed by atoms with van der Waals surface area (Å²) in [6.45, 7) is 5.62. The van der Waals surface area contributed by atoms with Gasteiger partial charge in [-0.15, -0.1) is 0 Å². The van der Waals surface area contributed by atoms with Crippen LogP contribution in [0.15, 0.2) is 42.6 Å². The predicted molar refractivity (Wildman–Crippen MR) is 83.5 cm³/mol. The Morgan fingerprint density at radius 3 is 2.60 bits per heavy atom. The number of aryl methyl sites for hydroxylation is 1. The largest absolute Gasteiger partial charge is 0.299 e. The molecule has 0 unspecified atom stereocenters. The van der Waals surface area contributed by atoms with Gasteiger partial charge in [-0.3, -0.25) is 9.88 Å². The minimum Gasteiger partial charge on any atom is -0.299 e. The molecule has 3 rings (SSSR count). The molecule has 2 heteroatoms. The van der Waals surface area contributed by atoms with Crippen LogP contribution >= 0.6 is 0 Å². The molecule has 2 heterocycles. The van der Waals surface area contributed by atoms with E-state index >= 15 is 0 Å². The number of nitrogens with zero attached hydrogens (tertiary/aromatic N) is 2. The lowest BCUT2D eigenvalue weighted by atomic mass is 10.0. The molecule has 0 saturated carbocycles. The zero-order valence-electron chi connectivity index (χ0n) is 12.2. The van der Waals surface area contributed by atoms with Crippen molar-refractivity contribution in [2.75, 3.05) is 13.1 Å². The van der Waals surface area contributed by atoms with Crippen LogP contribution in [0.3, 0.4) is 0 Å². The number of pyridine rings is 1. The van der Waals surface area contributed by atoms with Crippen molar-refractivity contribution in [1.29, 1.82) is 0 Å². The van der Waals surface area contributed by atoms with E-state index in [1.54, 1.807) is 0 Å². The normalized spacial score (nSPS) is 16.2. The van der Waals surface area contributed by atoms with Crippen LogP contribution in [0.2, 0.25) is 0 Å². The van der Waals surface area contributed by atoms with Crippen molar-refractivity contribution >= 4 is 0 Å². The van der Waals surface area contributed by atoms with Crippen LogP contribution in [0.1, 0.15) is 30.5 Å². The lowest BCUT2D eigenvalue weighted by molar-refractivity contribution is 0.221. The summed E-state index contributed by atoms with van der Waals surface area (Å²) in [7, 11) is 0. The van der Waals surface area contributed by atoms with E-state index in [0.717, 1.165) is 12.2 Å². The van der Waals surface area contributed by atoms with E-state index in [2.05, 4.69) is 46.3 Å². The summed E-state index contributed by atoms with van der Waals surface area (Å²) < 4.78 is 0. The summed E-state index contributed by atoms with van der Waals surface area (Å²) in [5, 5.41) is 0. The second-order valence-electron chi connectivity index (χ2n) is 5.72. The molecule has 0 atom stereocenters. The molecule has 0 radical (unpaired) electrons. The number of piperidine rings is 1. The number of rotatable bonds is 3. The zero-order chi connectivity index (χ0) is 13.8. The summed E-state index contributed by atoms with van der Waals surface area (Å²) in [6, 6.07) is 13.2. The third-order valence-electron chi connectivity index (χ3n) is 4.01. The Balaban J connectivity index is 1.78. The Morgan fingerprint density at radius 1 is 1.00 bits per heavy atom. The van der Waals surface area contributed by atoms with E-state index in [9.17, 15) is 0 Å². The molecule has 1 fully saturated rings. The van der Waals surface area contributed by atoms with Crippen molar-refractivity contribution < 1.29 is 0 Å². The van der Waals surface area contributed by atoms with Gasteiger partial charge in [0.25, 0.3) is 0 Å². The van der Waals surface area contributed by atoms with Gasteiger partial charge in [0, 0.05) is 18.4 Å². The highest BCUT2D eigenvalue weighted by molar-refractivity contribution is 5.64. The van der Waals surface area contributed by atoms with Gasteiger partial charge in [-0.05, 0) is 67.7 Å². The van der Waals surface area contributed by atoms with Gasteiger partial charge in [-0.2, -0.15) is 0 Å². The number of hydrogen-bond acceptors (Lipinski definition) is 2. The van der Waals surface area contributed by atoms with Crippen molar-refractivity contribution in [3.63, 3.8) is 0 Å². The minimum atomic E-state index is 1.07. The van der Waals surface area contributed by atoms with Crippen LogP contribution in [0.4, 0.5) is 0 Å². The molecule has 1 aromatic heterocycles. The molecule has 0 spiro atoms. The van der Waals surface area contributed by atoms with Gasteiger partial charge in [0.05, 0.1) is 0 Å². The van der Waals surface area contributed by atoms with Gasteiger partial charge in [-0.1, -0.05) is 24.6 Å². The Hall–Kier alpha value is -1.67. The molecular weight excluding hydrogens is 244 g/mol. The average Bonchev–Trinajstić information content (AvgIpc) is 2.49. The highest BCUT2D eigenvalue weighted by atomic mass is 15.1. The predicted octanol–water partition coefficient (Wildman–Crippen LogP) is 4.04. The fourth-order valence-electron chi connectivity index (χ4n) is 2.95. The average molecular weight is 266 g/mol. The Labute approximate surface area is 121 Å². The Kier molecular flexibility index (Phi) is 4.12. The molecule has 0 N–H and O–H groups in total. The first-order valence-electron chi connectivity index (χ1n) is 7.55. The molecule has 20 heavy (non-hydrogen) atoms. The smallest absolute Gasteiger partial charge is 0.0378 e. The van der Waals surface area contributed by atoms with E-state index in [4.69, 9.17) is 0 Å². The zero-order valence-corrected chi connectivity index (χ0v) is 12.2. The quantitative estimate of drug-likeness (QED) is 0.833. The number of aromatic nitrogens is 1. The maximum Gasteiger partial charge on any atom is 0.0378 e. The second-order valence-corrected chi connectivity index (χ2v) is 5.72. The van der Waals surface area contributed by atoms with Crippen LogP contribution in [0, 0.1) is 6.92 Å². The van der Waals surface area contributed by atoms with E-state index in [1.165, 1.54) is 49.0 Å². The molecule has 0 aliphatic carbocycles. The lowest BCUT2D eigenvalue weighted by Gasteiger charge is -2.26. The number of benzene rings is 1. The van der Waals surface area contributed by atoms with Gasteiger partial charge in [0.2, 0.25) is 0 Å². The lowest BCUT2D eigenvalue weighted by Crippen LogP contribution is -2.29. The van der Waals surface area contributed by atoms with Crippen molar-refractivity contribution in [2.24, 2.45) is 0 Å². The molecule has 0 amide bonds. The maximum atomic E-state index is 4.27. The van der Waals surface area contributed by atoms with Gasteiger partial charge in [-0.25, -0.2) is 0 Å². The summed E-state index contributed by atoms with van der Waals surface area (Å²) >= 11 is 0. The topological polar surface area (TPSA) is 16.1 Å². The van der Waals surface area contributed by atoms with Gasteiger partial charge >= 0.3 is 0 Å². The Bertz CT molecular complexity index is 571. The van der Waals surface area contributed by atoms with Gasteiger partial charge in [0.1, 0.15) is 0 Å². The first-order valence-corrected chi connectivity index (χ1v) is 7.55. The second kappa shape index (κ2) is 6.19. The van der Waals surface area contributed by atoms with Crippen LogP contribution < -0.4 is 0 Å². The third-order valence-corrected chi connectivity index (χ3v) is 4.01. The van der Waals surface area contributed by atoms with E-state index in [0.29, 0.717) is 0 Å². The van der Waals surface area contributed by atoms with E-state index in [1.807, 2.05) is 13.1 Å². The number of hydrogen-bond donors (Lipinski definition) is 0. The van der Waals surface area contributed by atoms with Crippen LogP contribution in [-0.4, -0.2) is 23.0 Å². The fourth-order valence-corrected chi connectivity index (χ4v) is 2.95.